The Morgan fingerprint density at radius 2 is 1.96 bits per heavy atom. The van der Waals surface area contributed by atoms with Crippen molar-refractivity contribution in [2.24, 2.45) is 0 Å². The topological polar surface area (TPSA) is 40.6 Å². The van der Waals surface area contributed by atoms with Crippen molar-refractivity contribution in [2.75, 3.05) is 25.5 Å². The van der Waals surface area contributed by atoms with E-state index in [0.29, 0.717) is 41.5 Å². The molecule has 1 aliphatic heterocycles. The minimum Gasteiger partial charge on any atom is -0.342 e. The Balaban J connectivity index is 2.15. The zero-order valence-electron chi connectivity index (χ0n) is 13.0. The van der Waals surface area contributed by atoms with Crippen molar-refractivity contribution in [3.8, 4) is 12.3 Å². The van der Waals surface area contributed by atoms with Gasteiger partial charge >= 0.3 is 0 Å². The highest BCUT2D eigenvalue weighted by molar-refractivity contribution is 6.35. The van der Waals surface area contributed by atoms with Gasteiger partial charge in [0, 0.05) is 24.2 Å². The van der Waals surface area contributed by atoms with E-state index in [4.69, 9.17) is 41.2 Å². The summed E-state index contributed by atoms with van der Waals surface area (Å²) in [6, 6.07) is 4.71. The van der Waals surface area contributed by atoms with Gasteiger partial charge in [-0.05, 0) is 31.0 Å². The highest BCUT2D eigenvalue weighted by atomic mass is 35.5. The minimum absolute atomic E-state index is 0.0320. The zero-order valence-corrected chi connectivity index (χ0v) is 15.2. The van der Waals surface area contributed by atoms with Gasteiger partial charge in [0.1, 0.15) is 5.88 Å². The molecule has 0 N–H and O–H groups in total. The number of hydrogen-bond donors (Lipinski definition) is 0. The van der Waals surface area contributed by atoms with Crippen LogP contribution in [0.5, 0.6) is 0 Å². The first kappa shape index (κ1) is 18.9. The number of nitrogens with zero attached hydrogens (tertiary/aromatic N) is 2. The lowest BCUT2D eigenvalue weighted by Gasteiger charge is -2.37. The number of benzene rings is 1. The monoisotopic (exact) mass is 386 g/mol. The van der Waals surface area contributed by atoms with E-state index < -0.39 is 0 Å². The van der Waals surface area contributed by atoms with E-state index in [1.165, 1.54) is 0 Å². The highest BCUT2D eigenvalue weighted by Gasteiger charge is 2.30. The Morgan fingerprint density at radius 3 is 2.54 bits per heavy atom. The van der Waals surface area contributed by atoms with Gasteiger partial charge in [-0.3, -0.25) is 9.59 Å². The summed E-state index contributed by atoms with van der Waals surface area (Å²) in [6.45, 7) is 1.28. The Labute approximate surface area is 156 Å². The molecule has 4 nitrogen and oxygen atoms in total. The van der Waals surface area contributed by atoms with Crippen molar-refractivity contribution in [1.29, 1.82) is 0 Å². The van der Waals surface area contributed by atoms with Crippen molar-refractivity contribution in [3.05, 3.63) is 33.8 Å². The summed E-state index contributed by atoms with van der Waals surface area (Å²) < 4.78 is 0. The summed E-state index contributed by atoms with van der Waals surface area (Å²) >= 11 is 17.7. The standard InChI is InChI=1S/C17H17Cl3N2O2/c1-2-7-22(13-5-8-21(9-6-13)16(23)11-18)17(24)14-10-12(19)3-4-15(14)20/h1,3-4,10,13H,5-9,11H2. The van der Waals surface area contributed by atoms with Crippen LogP contribution in [0.2, 0.25) is 10.0 Å². The van der Waals surface area contributed by atoms with Gasteiger partial charge in [-0.15, -0.1) is 18.0 Å². The van der Waals surface area contributed by atoms with E-state index >= 15 is 0 Å². The number of rotatable bonds is 4. The Kier molecular flexibility index (Phi) is 6.79. The molecule has 128 valence electrons. The predicted octanol–water partition coefficient (Wildman–Crippen LogP) is 3.30. The maximum Gasteiger partial charge on any atom is 0.256 e. The fourth-order valence-corrected chi connectivity index (χ4v) is 3.33. The quantitative estimate of drug-likeness (QED) is 0.587. The molecule has 0 aromatic heterocycles. The molecule has 2 rings (SSSR count). The Hall–Kier alpha value is -1.41. The highest BCUT2D eigenvalue weighted by Crippen LogP contribution is 2.25. The van der Waals surface area contributed by atoms with Gasteiger partial charge in [0.25, 0.3) is 5.91 Å². The lowest BCUT2D eigenvalue weighted by molar-refractivity contribution is -0.129. The molecule has 0 bridgehead atoms. The second-order valence-electron chi connectivity index (χ2n) is 5.51. The molecule has 1 aliphatic rings. The van der Waals surface area contributed by atoms with Gasteiger partial charge in [-0.25, -0.2) is 0 Å². The van der Waals surface area contributed by atoms with Gasteiger partial charge in [-0.2, -0.15) is 0 Å². The molecule has 0 atom stereocenters. The van der Waals surface area contributed by atoms with Crippen LogP contribution in [0, 0.1) is 12.3 Å². The van der Waals surface area contributed by atoms with Crippen molar-refractivity contribution < 1.29 is 9.59 Å². The van der Waals surface area contributed by atoms with Crippen LogP contribution in [0.3, 0.4) is 0 Å². The van der Waals surface area contributed by atoms with E-state index in [-0.39, 0.29) is 30.3 Å². The number of likely N-dealkylation sites (tertiary alicyclic amines) is 1. The number of hydrogen-bond acceptors (Lipinski definition) is 2. The average molecular weight is 388 g/mol. The van der Waals surface area contributed by atoms with Crippen LogP contribution in [-0.2, 0) is 4.79 Å². The first-order valence-corrected chi connectivity index (χ1v) is 8.80. The van der Waals surface area contributed by atoms with Crippen LogP contribution in [0.4, 0.5) is 0 Å². The number of carbonyl (C=O) groups excluding carboxylic acids is 2. The summed E-state index contributed by atoms with van der Waals surface area (Å²) in [4.78, 5) is 27.8. The number of alkyl halides is 1. The second-order valence-corrected chi connectivity index (χ2v) is 6.62. The first-order valence-electron chi connectivity index (χ1n) is 7.51. The number of carbonyl (C=O) groups is 2. The molecule has 24 heavy (non-hydrogen) atoms. The molecular weight excluding hydrogens is 371 g/mol. The third-order valence-electron chi connectivity index (χ3n) is 4.05. The van der Waals surface area contributed by atoms with Crippen LogP contribution in [0.1, 0.15) is 23.2 Å². The predicted molar refractivity (Wildman–Crippen MR) is 96.7 cm³/mol. The molecule has 1 fully saturated rings. The molecule has 0 spiro atoms. The molecule has 1 saturated heterocycles. The van der Waals surface area contributed by atoms with E-state index in [1.54, 1.807) is 28.0 Å². The van der Waals surface area contributed by atoms with Crippen LogP contribution in [-0.4, -0.2) is 53.2 Å². The number of terminal acetylenes is 1. The lowest BCUT2D eigenvalue weighted by atomic mass is 10.0. The molecule has 1 aromatic carbocycles. The van der Waals surface area contributed by atoms with E-state index in [9.17, 15) is 9.59 Å². The molecule has 1 heterocycles. The molecule has 1 aromatic rings. The first-order chi connectivity index (χ1) is 11.5. The Morgan fingerprint density at radius 1 is 1.29 bits per heavy atom. The summed E-state index contributed by atoms with van der Waals surface area (Å²) in [7, 11) is 0. The smallest absolute Gasteiger partial charge is 0.256 e. The van der Waals surface area contributed by atoms with Crippen molar-refractivity contribution in [3.63, 3.8) is 0 Å². The van der Waals surface area contributed by atoms with Crippen LogP contribution in [0.25, 0.3) is 0 Å². The Bertz CT molecular complexity index is 664. The molecule has 7 heteroatoms. The molecular formula is C17H17Cl3N2O2. The number of amides is 2. The van der Waals surface area contributed by atoms with Gasteiger partial charge in [0.2, 0.25) is 5.91 Å². The normalized spacial score (nSPS) is 15.0. The number of halogens is 3. The summed E-state index contributed by atoms with van der Waals surface area (Å²) in [6.07, 6.45) is 6.73. The van der Waals surface area contributed by atoms with Crippen molar-refractivity contribution in [1.82, 2.24) is 9.80 Å². The third kappa shape index (κ3) is 4.36. The number of piperidine rings is 1. The maximum atomic E-state index is 12.9. The van der Waals surface area contributed by atoms with Crippen LogP contribution < -0.4 is 0 Å². The third-order valence-corrected chi connectivity index (χ3v) is 4.85. The summed E-state index contributed by atoms with van der Waals surface area (Å²) in [5.41, 5.74) is 0.332. The molecule has 0 aliphatic carbocycles. The molecule has 0 saturated carbocycles. The average Bonchev–Trinajstić information content (AvgIpc) is 2.60. The molecule has 0 radical (unpaired) electrons. The van der Waals surface area contributed by atoms with Gasteiger partial charge in [0.15, 0.2) is 0 Å². The fraction of sp³-hybridized carbons (Fsp3) is 0.412. The second kappa shape index (κ2) is 8.62. The summed E-state index contributed by atoms with van der Waals surface area (Å²) in [5.74, 6) is 2.15. The lowest BCUT2D eigenvalue weighted by Crippen LogP contribution is -2.49. The molecule has 0 unspecified atom stereocenters. The van der Waals surface area contributed by atoms with Crippen molar-refractivity contribution in [2.45, 2.75) is 18.9 Å². The van der Waals surface area contributed by atoms with Crippen LogP contribution >= 0.6 is 34.8 Å². The minimum atomic E-state index is -0.248. The van der Waals surface area contributed by atoms with Crippen LogP contribution in [0.15, 0.2) is 18.2 Å². The fourth-order valence-electron chi connectivity index (χ4n) is 2.79. The van der Waals surface area contributed by atoms with Gasteiger partial charge in [-0.1, -0.05) is 29.1 Å². The zero-order chi connectivity index (χ0) is 17.7. The largest absolute Gasteiger partial charge is 0.342 e. The van der Waals surface area contributed by atoms with E-state index in [0.717, 1.165) is 0 Å². The molecule has 2 amide bonds. The maximum absolute atomic E-state index is 12.9. The summed E-state index contributed by atoms with van der Waals surface area (Å²) in [5, 5.41) is 0.770. The van der Waals surface area contributed by atoms with Gasteiger partial charge in [0.05, 0.1) is 17.1 Å². The van der Waals surface area contributed by atoms with Crippen molar-refractivity contribution >= 4 is 46.6 Å². The van der Waals surface area contributed by atoms with E-state index in [2.05, 4.69) is 5.92 Å². The van der Waals surface area contributed by atoms with E-state index in [1.807, 2.05) is 0 Å². The SMILES string of the molecule is C#CCN(C(=O)c1cc(Cl)ccc1Cl)C1CCN(C(=O)CCl)CC1. The van der Waals surface area contributed by atoms with Gasteiger partial charge < -0.3 is 9.80 Å².